The predicted molar refractivity (Wildman–Crippen MR) is 117 cm³/mol. The average molecular weight is 437 g/mol. The minimum Gasteiger partial charge on any atom is -0.489 e. The molecule has 158 valence electrons. The van der Waals surface area contributed by atoms with E-state index >= 15 is 0 Å². The number of carbonyl (C=O) groups is 1. The van der Waals surface area contributed by atoms with Gasteiger partial charge in [0.1, 0.15) is 23.1 Å². The molecule has 2 aromatic carbocycles. The number of aromatic nitrogens is 3. The first-order valence-corrected chi connectivity index (χ1v) is 10.1. The Bertz CT molecular complexity index is 1200. The van der Waals surface area contributed by atoms with Gasteiger partial charge in [0.25, 0.3) is 5.91 Å². The van der Waals surface area contributed by atoms with Gasteiger partial charge in [0, 0.05) is 6.20 Å². The summed E-state index contributed by atoms with van der Waals surface area (Å²) >= 11 is 6.29. The number of ether oxygens (including phenoxy) is 1. The number of para-hydroxylation sites is 1. The molecule has 0 saturated heterocycles. The lowest BCUT2D eigenvalue weighted by Crippen LogP contribution is -2.16. The van der Waals surface area contributed by atoms with Gasteiger partial charge in [-0.1, -0.05) is 64.8 Å². The zero-order chi connectivity index (χ0) is 21.8. The van der Waals surface area contributed by atoms with Gasteiger partial charge < -0.3 is 14.6 Å². The molecule has 0 aliphatic carbocycles. The molecule has 1 amide bonds. The second-order valence-corrected chi connectivity index (χ2v) is 7.54. The van der Waals surface area contributed by atoms with Crippen LogP contribution in [0.5, 0.6) is 5.75 Å². The number of amides is 1. The van der Waals surface area contributed by atoms with Gasteiger partial charge in [-0.15, -0.1) is 0 Å². The maximum atomic E-state index is 12.8. The van der Waals surface area contributed by atoms with Crippen LogP contribution in [0.25, 0.3) is 0 Å². The molecule has 0 atom stereocenters. The molecule has 0 bridgehead atoms. The largest absolute Gasteiger partial charge is 0.489 e. The number of nitrogens with zero attached hydrogens (tertiary/aromatic N) is 3. The summed E-state index contributed by atoms with van der Waals surface area (Å²) in [5, 5.41) is 11.3. The molecular formula is C23H21ClN4O3. The minimum absolute atomic E-state index is 0.137. The van der Waals surface area contributed by atoms with Gasteiger partial charge in [0.15, 0.2) is 11.5 Å². The van der Waals surface area contributed by atoms with Crippen molar-refractivity contribution >= 4 is 23.3 Å². The van der Waals surface area contributed by atoms with Crippen molar-refractivity contribution in [2.24, 2.45) is 0 Å². The first-order chi connectivity index (χ1) is 15.0. The number of hydrogen-bond acceptors (Lipinski definition) is 5. The van der Waals surface area contributed by atoms with Crippen molar-refractivity contribution in [1.29, 1.82) is 0 Å². The van der Waals surface area contributed by atoms with Crippen LogP contribution in [-0.2, 0) is 13.2 Å². The lowest BCUT2D eigenvalue weighted by Gasteiger charge is -2.06. The van der Waals surface area contributed by atoms with Gasteiger partial charge in [0.2, 0.25) is 0 Å². The van der Waals surface area contributed by atoms with Crippen LogP contribution in [0.3, 0.4) is 0 Å². The quantitative estimate of drug-likeness (QED) is 0.439. The molecule has 0 unspecified atom stereocenters. The van der Waals surface area contributed by atoms with Crippen molar-refractivity contribution in [2.75, 3.05) is 5.32 Å². The summed E-state index contributed by atoms with van der Waals surface area (Å²) in [6.45, 7) is 4.45. The normalized spacial score (nSPS) is 10.8. The molecule has 0 fully saturated rings. The van der Waals surface area contributed by atoms with E-state index in [2.05, 4.69) is 21.6 Å². The highest BCUT2D eigenvalue weighted by atomic mass is 35.5. The third kappa shape index (κ3) is 4.95. The van der Waals surface area contributed by atoms with E-state index in [0.717, 1.165) is 11.1 Å². The zero-order valence-corrected chi connectivity index (χ0v) is 17.9. The van der Waals surface area contributed by atoms with Crippen LogP contribution in [0, 0.1) is 13.8 Å². The van der Waals surface area contributed by atoms with E-state index < -0.39 is 5.91 Å². The van der Waals surface area contributed by atoms with Crippen molar-refractivity contribution < 1.29 is 14.1 Å². The fraction of sp³-hybridized carbons (Fsp3) is 0.174. The second-order valence-electron chi connectivity index (χ2n) is 7.13. The van der Waals surface area contributed by atoms with Crippen LogP contribution in [0.4, 0.5) is 5.82 Å². The molecule has 2 aromatic heterocycles. The maximum Gasteiger partial charge on any atom is 0.279 e. The van der Waals surface area contributed by atoms with Crippen LogP contribution < -0.4 is 10.1 Å². The SMILES string of the molecule is Cc1cccc(Cn2cc(Cl)c(NC(=O)c3noc(C)c3COc3ccccc3)n2)c1. The van der Waals surface area contributed by atoms with Crippen molar-refractivity contribution in [3.63, 3.8) is 0 Å². The van der Waals surface area contributed by atoms with Gasteiger partial charge in [-0.2, -0.15) is 5.10 Å². The summed E-state index contributed by atoms with van der Waals surface area (Å²) in [4.78, 5) is 12.8. The van der Waals surface area contributed by atoms with E-state index in [1.54, 1.807) is 17.8 Å². The lowest BCUT2D eigenvalue weighted by molar-refractivity contribution is 0.101. The highest BCUT2D eigenvalue weighted by Gasteiger charge is 2.22. The van der Waals surface area contributed by atoms with Crippen molar-refractivity contribution in [2.45, 2.75) is 27.0 Å². The van der Waals surface area contributed by atoms with Crippen LogP contribution in [0.2, 0.25) is 5.02 Å². The number of carbonyl (C=O) groups excluding carboxylic acids is 1. The Morgan fingerprint density at radius 2 is 1.97 bits per heavy atom. The summed E-state index contributed by atoms with van der Waals surface area (Å²) in [6.07, 6.45) is 1.67. The molecule has 0 saturated carbocycles. The Balaban J connectivity index is 1.47. The number of halogens is 1. The number of hydrogen-bond donors (Lipinski definition) is 1. The summed E-state index contributed by atoms with van der Waals surface area (Å²) < 4.78 is 12.7. The monoisotopic (exact) mass is 436 g/mol. The van der Waals surface area contributed by atoms with Gasteiger partial charge in [-0.25, -0.2) is 0 Å². The van der Waals surface area contributed by atoms with Crippen molar-refractivity contribution in [3.05, 3.63) is 94.0 Å². The van der Waals surface area contributed by atoms with Crippen molar-refractivity contribution in [1.82, 2.24) is 14.9 Å². The molecule has 4 rings (SSSR count). The predicted octanol–water partition coefficient (Wildman–Crippen LogP) is 5.02. The summed E-state index contributed by atoms with van der Waals surface area (Å²) in [5.74, 6) is 0.991. The second kappa shape index (κ2) is 9.06. The third-order valence-corrected chi connectivity index (χ3v) is 4.98. The van der Waals surface area contributed by atoms with Crippen LogP contribution >= 0.6 is 11.6 Å². The highest BCUT2D eigenvalue weighted by Crippen LogP contribution is 2.23. The van der Waals surface area contributed by atoms with Gasteiger partial charge in [-0.3, -0.25) is 9.48 Å². The highest BCUT2D eigenvalue weighted by molar-refractivity contribution is 6.33. The Hall–Kier alpha value is -3.58. The number of nitrogens with one attached hydrogen (secondary N) is 1. The molecule has 0 aliphatic heterocycles. The Kier molecular flexibility index (Phi) is 6.04. The number of aryl methyl sites for hydroxylation is 2. The topological polar surface area (TPSA) is 82.2 Å². The summed E-state index contributed by atoms with van der Waals surface area (Å²) in [5.41, 5.74) is 2.95. The Labute approximate surface area is 184 Å². The Morgan fingerprint density at radius 3 is 2.74 bits per heavy atom. The molecule has 31 heavy (non-hydrogen) atoms. The molecule has 2 heterocycles. The van der Waals surface area contributed by atoms with Crippen molar-refractivity contribution in [3.8, 4) is 5.75 Å². The first kappa shape index (κ1) is 20.7. The van der Waals surface area contributed by atoms with E-state index in [1.165, 1.54) is 0 Å². The number of anilines is 1. The zero-order valence-electron chi connectivity index (χ0n) is 17.1. The van der Waals surface area contributed by atoms with E-state index in [0.29, 0.717) is 28.6 Å². The standard InChI is InChI=1S/C23H21ClN4O3/c1-15-7-6-8-17(11-15)12-28-13-20(24)22(26-28)25-23(29)21-19(16(2)31-27-21)14-30-18-9-4-3-5-10-18/h3-11,13H,12,14H2,1-2H3,(H,25,26,29). The summed E-state index contributed by atoms with van der Waals surface area (Å²) in [7, 11) is 0. The van der Waals surface area contributed by atoms with E-state index in [1.807, 2.05) is 55.5 Å². The van der Waals surface area contributed by atoms with E-state index in [4.69, 9.17) is 20.9 Å². The molecule has 4 aromatic rings. The lowest BCUT2D eigenvalue weighted by atomic mass is 10.1. The summed E-state index contributed by atoms with van der Waals surface area (Å²) in [6, 6.07) is 17.4. The van der Waals surface area contributed by atoms with Gasteiger partial charge in [-0.05, 0) is 31.5 Å². The van der Waals surface area contributed by atoms with Crippen LogP contribution in [-0.4, -0.2) is 20.8 Å². The van der Waals surface area contributed by atoms with Crippen LogP contribution in [0.1, 0.15) is 32.9 Å². The molecule has 0 aliphatic rings. The fourth-order valence-electron chi connectivity index (χ4n) is 3.14. The average Bonchev–Trinajstić information content (AvgIpc) is 3.29. The molecular weight excluding hydrogens is 416 g/mol. The first-order valence-electron chi connectivity index (χ1n) is 9.72. The molecule has 1 N–H and O–H groups in total. The number of benzene rings is 2. The van der Waals surface area contributed by atoms with Gasteiger partial charge in [0.05, 0.1) is 12.1 Å². The number of rotatable bonds is 7. The smallest absolute Gasteiger partial charge is 0.279 e. The fourth-order valence-corrected chi connectivity index (χ4v) is 3.34. The van der Waals surface area contributed by atoms with E-state index in [9.17, 15) is 4.79 Å². The molecule has 8 heteroatoms. The Morgan fingerprint density at radius 1 is 1.16 bits per heavy atom. The maximum absolute atomic E-state index is 12.8. The molecule has 0 spiro atoms. The molecule has 0 radical (unpaired) electrons. The van der Waals surface area contributed by atoms with E-state index in [-0.39, 0.29) is 18.1 Å². The third-order valence-electron chi connectivity index (χ3n) is 4.70. The minimum atomic E-state index is -0.466. The molecule has 7 nitrogen and oxygen atoms in total. The van der Waals surface area contributed by atoms with Crippen LogP contribution in [0.15, 0.2) is 65.3 Å². The van der Waals surface area contributed by atoms with Gasteiger partial charge >= 0.3 is 0 Å².